The van der Waals surface area contributed by atoms with E-state index in [2.05, 4.69) is 5.32 Å². The number of anilines is 1. The summed E-state index contributed by atoms with van der Waals surface area (Å²) in [7, 11) is 0. The Labute approximate surface area is 121 Å². The lowest BCUT2D eigenvalue weighted by atomic mass is 10.2. The van der Waals surface area contributed by atoms with E-state index in [-0.39, 0.29) is 5.56 Å². The van der Waals surface area contributed by atoms with Crippen LogP contribution in [0.25, 0.3) is 5.69 Å². The maximum absolute atomic E-state index is 13.5. The molecular formula is C17H13FN2O. The molecule has 21 heavy (non-hydrogen) atoms. The number of hydrogen-bond acceptors (Lipinski definition) is 1. The topological polar surface area (TPSA) is 34.0 Å². The van der Waals surface area contributed by atoms with Crippen molar-refractivity contribution in [3.05, 3.63) is 84.4 Å². The Morgan fingerprint density at radius 1 is 0.905 bits per heavy atom. The molecule has 1 aromatic heterocycles. The van der Waals surface area contributed by atoms with Crippen LogP contribution in [0.1, 0.15) is 10.4 Å². The van der Waals surface area contributed by atoms with Crippen LogP contribution in [0.3, 0.4) is 0 Å². The van der Waals surface area contributed by atoms with Gasteiger partial charge in [0.15, 0.2) is 0 Å². The van der Waals surface area contributed by atoms with Crippen LogP contribution in [0, 0.1) is 5.82 Å². The lowest BCUT2D eigenvalue weighted by Gasteiger charge is -2.08. The molecular weight excluding hydrogens is 267 g/mol. The van der Waals surface area contributed by atoms with Crippen LogP contribution in [-0.4, -0.2) is 10.5 Å². The minimum Gasteiger partial charge on any atom is -0.324 e. The second kappa shape index (κ2) is 5.63. The number of rotatable bonds is 3. The lowest BCUT2D eigenvalue weighted by Crippen LogP contribution is -2.13. The number of carbonyl (C=O) groups is 1. The summed E-state index contributed by atoms with van der Waals surface area (Å²) >= 11 is 0. The van der Waals surface area contributed by atoms with Gasteiger partial charge in [0.25, 0.3) is 5.91 Å². The third-order valence-corrected chi connectivity index (χ3v) is 3.15. The lowest BCUT2D eigenvalue weighted by molar-refractivity contribution is 0.102. The van der Waals surface area contributed by atoms with Crippen LogP contribution < -0.4 is 5.32 Å². The van der Waals surface area contributed by atoms with Gasteiger partial charge in [-0.3, -0.25) is 4.79 Å². The molecule has 3 aromatic rings. The average molecular weight is 280 g/mol. The van der Waals surface area contributed by atoms with E-state index in [4.69, 9.17) is 0 Å². The second-order valence-corrected chi connectivity index (χ2v) is 4.57. The first kappa shape index (κ1) is 13.1. The first-order valence-electron chi connectivity index (χ1n) is 6.53. The summed E-state index contributed by atoms with van der Waals surface area (Å²) < 4.78 is 15.5. The van der Waals surface area contributed by atoms with Crippen molar-refractivity contribution in [2.45, 2.75) is 0 Å². The Morgan fingerprint density at radius 3 is 2.24 bits per heavy atom. The molecule has 4 heteroatoms. The molecule has 0 aliphatic rings. The van der Waals surface area contributed by atoms with Gasteiger partial charge in [-0.05, 0) is 48.5 Å². The zero-order chi connectivity index (χ0) is 14.7. The number of amides is 1. The first-order valence-corrected chi connectivity index (χ1v) is 6.53. The number of carbonyl (C=O) groups excluding carboxylic acids is 1. The average Bonchev–Trinajstić information content (AvgIpc) is 3.02. The van der Waals surface area contributed by atoms with Crippen molar-refractivity contribution in [3.63, 3.8) is 0 Å². The third kappa shape index (κ3) is 2.84. The van der Waals surface area contributed by atoms with Crippen LogP contribution in [0.4, 0.5) is 10.1 Å². The fourth-order valence-corrected chi connectivity index (χ4v) is 2.07. The summed E-state index contributed by atoms with van der Waals surface area (Å²) in [4.78, 5) is 12.0. The van der Waals surface area contributed by atoms with Crippen LogP contribution >= 0.6 is 0 Å². The van der Waals surface area contributed by atoms with Gasteiger partial charge in [0.1, 0.15) is 5.82 Å². The fourth-order valence-electron chi connectivity index (χ4n) is 2.07. The Balaban J connectivity index is 1.77. The highest BCUT2D eigenvalue weighted by Crippen LogP contribution is 2.15. The number of nitrogens with zero attached hydrogens (tertiary/aromatic N) is 1. The molecule has 0 unspecified atom stereocenters. The molecule has 0 aliphatic heterocycles. The van der Waals surface area contributed by atoms with E-state index in [1.165, 1.54) is 12.1 Å². The predicted octanol–water partition coefficient (Wildman–Crippen LogP) is 3.87. The van der Waals surface area contributed by atoms with Crippen LogP contribution in [0.15, 0.2) is 73.1 Å². The first-order chi connectivity index (χ1) is 10.2. The third-order valence-electron chi connectivity index (χ3n) is 3.15. The molecule has 1 amide bonds. The summed E-state index contributed by atoms with van der Waals surface area (Å²) in [6.45, 7) is 0. The number of aromatic nitrogens is 1. The quantitative estimate of drug-likeness (QED) is 0.776. The van der Waals surface area contributed by atoms with Gasteiger partial charge in [-0.1, -0.05) is 12.1 Å². The number of benzene rings is 2. The van der Waals surface area contributed by atoms with Gasteiger partial charge in [0, 0.05) is 23.8 Å². The molecule has 1 N–H and O–H groups in total. The summed E-state index contributed by atoms with van der Waals surface area (Å²) in [5.41, 5.74) is 1.65. The number of hydrogen-bond donors (Lipinski definition) is 1. The van der Waals surface area contributed by atoms with Crippen molar-refractivity contribution in [1.29, 1.82) is 0 Å². The van der Waals surface area contributed by atoms with Crippen LogP contribution in [0.2, 0.25) is 0 Å². The second-order valence-electron chi connectivity index (χ2n) is 4.57. The van der Waals surface area contributed by atoms with Gasteiger partial charge in [0.05, 0.1) is 5.56 Å². The zero-order valence-electron chi connectivity index (χ0n) is 11.2. The molecule has 0 fully saturated rings. The molecule has 3 nitrogen and oxygen atoms in total. The van der Waals surface area contributed by atoms with E-state index in [1.807, 2.05) is 41.2 Å². The highest BCUT2D eigenvalue weighted by Gasteiger charge is 2.10. The Kier molecular flexibility index (Phi) is 3.51. The maximum atomic E-state index is 13.5. The minimum absolute atomic E-state index is 0.0342. The van der Waals surface area contributed by atoms with E-state index in [1.54, 1.807) is 24.3 Å². The summed E-state index contributed by atoms with van der Waals surface area (Å²) in [5.74, 6) is -0.985. The molecule has 0 saturated heterocycles. The number of halogens is 1. The van der Waals surface area contributed by atoms with Gasteiger partial charge < -0.3 is 9.88 Å². The van der Waals surface area contributed by atoms with E-state index in [9.17, 15) is 9.18 Å². The Hall–Kier alpha value is -2.88. The van der Waals surface area contributed by atoms with Gasteiger partial charge >= 0.3 is 0 Å². The summed E-state index contributed by atoms with van der Waals surface area (Å²) in [6.07, 6.45) is 3.87. The standard InChI is InChI=1S/C17H13FN2O/c18-16-6-2-1-5-15(16)17(21)19-13-7-9-14(10-8-13)20-11-3-4-12-20/h1-12H,(H,19,21). The molecule has 104 valence electrons. The molecule has 1 heterocycles. The fraction of sp³-hybridized carbons (Fsp3) is 0. The van der Waals surface area contributed by atoms with Crippen molar-refractivity contribution in [2.75, 3.05) is 5.32 Å². The monoisotopic (exact) mass is 280 g/mol. The largest absolute Gasteiger partial charge is 0.324 e. The molecule has 0 spiro atoms. The van der Waals surface area contributed by atoms with E-state index >= 15 is 0 Å². The van der Waals surface area contributed by atoms with Crippen molar-refractivity contribution in [3.8, 4) is 5.69 Å². The van der Waals surface area contributed by atoms with E-state index in [0.717, 1.165) is 5.69 Å². The van der Waals surface area contributed by atoms with E-state index < -0.39 is 11.7 Å². The highest BCUT2D eigenvalue weighted by atomic mass is 19.1. The van der Waals surface area contributed by atoms with Gasteiger partial charge in [-0.15, -0.1) is 0 Å². The van der Waals surface area contributed by atoms with Gasteiger partial charge in [-0.25, -0.2) is 4.39 Å². The Morgan fingerprint density at radius 2 is 1.57 bits per heavy atom. The maximum Gasteiger partial charge on any atom is 0.258 e. The molecule has 0 saturated carbocycles. The van der Waals surface area contributed by atoms with Crippen LogP contribution in [-0.2, 0) is 0 Å². The minimum atomic E-state index is -0.529. The van der Waals surface area contributed by atoms with Crippen LogP contribution in [0.5, 0.6) is 0 Å². The SMILES string of the molecule is O=C(Nc1ccc(-n2cccc2)cc1)c1ccccc1F. The number of nitrogens with one attached hydrogen (secondary N) is 1. The summed E-state index contributed by atoms with van der Waals surface area (Å²) in [6, 6.07) is 17.1. The van der Waals surface area contributed by atoms with Crippen molar-refractivity contribution >= 4 is 11.6 Å². The molecule has 2 aromatic carbocycles. The highest BCUT2D eigenvalue weighted by molar-refractivity contribution is 6.04. The summed E-state index contributed by atoms with van der Waals surface area (Å²) in [5, 5.41) is 2.68. The smallest absolute Gasteiger partial charge is 0.258 e. The van der Waals surface area contributed by atoms with Crippen molar-refractivity contribution in [2.24, 2.45) is 0 Å². The van der Waals surface area contributed by atoms with Crippen molar-refractivity contribution in [1.82, 2.24) is 4.57 Å². The molecule has 0 bridgehead atoms. The molecule has 0 aliphatic carbocycles. The van der Waals surface area contributed by atoms with Crippen molar-refractivity contribution < 1.29 is 9.18 Å². The van der Waals surface area contributed by atoms with E-state index in [0.29, 0.717) is 5.69 Å². The predicted molar refractivity (Wildman–Crippen MR) is 80.1 cm³/mol. The van der Waals surface area contributed by atoms with Gasteiger partial charge in [-0.2, -0.15) is 0 Å². The zero-order valence-corrected chi connectivity index (χ0v) is 11.2. The molecule has 0 atom stereocenters. The normalized spacial score (nSPS) is 10.3. The molecule has 0 radical (unpaired) electrons. The Bertz CT molecular complexity index is 749. The molecule has 3 rings (SSSR count). The van der Waals surface area contributed by atoms with Gasteiger partial charge in [0.2, 0.25) is 0 Å².